The Kier molecular flexibility index (Phi) is 3.84. The van der Waals surface area contributed by atoms with Crippen LogP contribution in [0.25, 0.3) is 0 Å². The van der Waals surface area contributed by atoms with Crippen molar-refractivity contribution in [2.24, 2.45) is 0 Å². The van der Waals surface area contributed by atoms with Crippen LogP contribution in [-0.2, 0) is 16.0 Å². The van der Waals surface area contributed by atoms with Gasteiger partial charge in [-0.2, -0.15) is 0 Å². The van der Waals surface area contributed by atoms with E-state index in [9.17, 15) is 9.59 Å². The lowest BCUT2D eigenvalue weighted by molar-refractivity contribution is -0.141. The Labute approximate surface area is 108 Å². The number of benzene rings is 1. The van der Waals surface area contributed by atoms with Crippen molar-refractivity contribution in [1.82, 2.24) is 0 Å². The summed E-state index contributed by atoms with van der Waals surface area (Å²) in [5.74, 6) is -0.921. The zero-order valence-corrected chi connectivity index (χ0v) is 10.2. The molecule has 2 rings (SSSR count). The molecule has 0 bridgehead atoms. The average Bonchev–Trinajstić information content (AvgIpc) is 2.74. The largest absolute Gasteiger partial charge is 0.492 e. The van der Waals surface area contributed by atoms with Crippen molar-refractivity contribution in [1.29, 1.82) is 0 Å². The van der Waals surface area contributed by atoms with Gasteiger partial charge < -0.3 is 14.6 Å². The monoisotopic (exact) mass is 270 g/mol. The Morgan fingerprint density at radius 2 is 2.17 bits per heavy atom. The number of hydrogen-bond acceptors (Lipinski definition) is 4. The Bertz CT molecular complexity index is 497. The summed E-state index contributed by atoms with van der Waals surface area (Å²) in [6.07, 6.45) is 0.714. The molecular weight excluding hydrogens is 260 g/mol. The van der Waals surface area contributed by atoms with Crippen molar-refractivity contribution >= 4 is 23.4 Å². The maximum Gasteiger partial charge on any atom is 0.329 e. The van der Waals surface area contributed by atoms with Crippen molar-refractivity contribution in [2.45, 2.75) is 6.42 Å². The molecular formula is C12H11ClO5. The van der Waals surface area contributed by atoms with Gasteiger partial charge in [0, 0.05) is 11.4 Å². The maximum absolute atomic E-state index is 11.9. The number of halogens is 1. The van der Waals surface area contributed by atoms with Crippen LogP contribution in [-0.4, -0.2) is 36.7 Å². The minimum absolute atomic E-state index is 0.303. The molecule has 1 aliphatic rings. The van der Waals surface area contributed by atoms with Gasteiger partial charge in [-0.05, 0) is 17.7 Å². The molecule has 0 saturated heterocycles. The van der Waals surface area contributed by atoms with E-state index < -0.39 is 12.6 Å². The molecule has 0 aliphatic carbocycles. The van der Waals surface area contributed by atoms with Crippen molar-refractivity contribution in [3.63, 3.8) is 0 Å². The molecule has 5 nitrogen and oxygen atoms in total. The van der Waals surface area contributed by atoms with E-state index in [0.29, 0.717) is 29.4 Å². The Hall–Kier alpha value is -1.59. The summed E-state index contributed by atoms with van der Waals surface area (Å²) in [5.41, 5.74) is 1.24. The van der Waals surface area contributed by atoms with Crippen molar-refractivity contribution in [2.75, 3.05) is 19.8 Å². The average molecular weight is 271 g/mol. The van der Waals surface area contributed by atoms with Gasteiger partial charge in [-0.25, -0.2) is 4.79 Å². The number of fused-ring (bicyclic) bond motifs is 1. The topological polar surface area (TPSA) is 72.8 Å². The number of carbonyl (C=O) groups excluding carboxylic acids is 1. The van der Waals surface area contributed by atoms with Crippen LogP contribution in [0.5, 0.6) is 5.75 Å². The van der Waals surface area contributed by atoms with E-state index in [1.165, 1.54) is 6.07 Å². The van der Waals surface area contributed by atoms with E-state index in [-0.39, 0.29) is 12.4 Å². The second-order valence-corrected chi connectivity index (χ2v) is 4.29. The Morgan fingerprint density at radius 1 is 1.39 bits per heavy atom. The van der Waals surface area contributed by atoms with Crippen LogP contribution in [0.15, 0.2) is 12.1 Å². The van der Waals surface area contributed by atoms with Gasteiger partial charge in [0.15, 0.2) is 5.78 Å². The predicted octanol–water partition coefficient (Wildman–Crippen LogP) is 1.56. The fraction of sp³-hybridized carbons (Fsp3) is 0.333. The van der Waals surface area contributed by atoms with Crippen LogP contribution < -0.4 is 4.74 Å². The summed E-state index contributed by atoms with van der Waals surface area (Å²) in [4.78, 5) is 22.2. The van der Waals surface area contributed by atoms with E-state index in [2.05, 4.69) is 0 Å². The molecule has 1 heterocycles. The highest BCUT2D eigenvalue weighted by atomic mass is 35.5. The number of ether oxygens (including phenoxy) is 2. The van der Waals surface area contributed by atoms with Gasteiger partial charge in [0.25, 0.3) is 0 Å². The van der Waals surface area contributed by atoms with E-state index in [0.717, 1.165) is 5.56 Å². The Balaban J connectivity index is 2.13. The van der Waals surface area contributed by atoms with Gasteiger partial charge in [0.05, 0.1) is 12.2 Å². The number of carboxylic acid groups (broad SMARTS) is 1. The molecule has 0 saturated carbocycles. The van der Waals surface area contributed by atoms with E-state index in [4.69, 9.17) is 26.2 Å². The summed E-state index contributed by atoms with van der Waals surface area (Å²) in [7, 11) is 0. The van der Waals surface area contributed by atoms with Gasteiger partial charge in [0.1, 0.15) is 19.0 Å². The zero-order valence-electron chi connectivity index (χ0n) is 9.44. The van der Waals surface area contributed by atoms with E-state index in [1.807, 2.05) is 0 Å². The first-order valence-electron chi connectivity index (χ1n) is 5.36. The first-order valence-corrected chi connectivity index (χ1v) is 5.73. The fourth-order valence-electron chi connectivity index (χ4n) is 1.79. The fourth-order valence-corrected chi connectivity index (χ4v) is 2.03. The van der Waals surface area contributed by atoms with Gasteiger partial charge in [0.2, 0.25) is 0 Å². The molecule has 1 aromatic carbocycles. The van der Waals surface area contributed by atoms with Gasteiger partial charge in [-0.15, -0.1) is 0 Å². The third kappa shape index (κ3) is 2.80. The van der Waals surface area contributed by atoms with Crippen LogP contribution >= 0.6 is 11.6 Å². The highest BCUT2D eigenvalue weighted by Gasteiger charge is 2.22. The molecule has 1 aliphatic heterocycles. The highest BCUT2D eigenvalue weighted by molar-refractivity contribution is 6.31. The maximum atomic E-state index is 11.9. The molecule has 0 unspecified atom stereocenters. The number of ketones is 1. The standard InChI is InChI=1S/C12H11ClO5/c13-8-3-7-1-2-18-12(7)9(4-8)10(14)5-17-6-11(15)16/h3-4H,1-2,5-6H2,(H,15,16). The van der Waals surface area contributed by atoms with Crippen molar-refractivity contribution in [3.05, 3.63) is 28.3 Å². The smallest absolute Gasteiger partial charge is 0.329 e. The summed E-state index contributed by atoms with van der Waals surface area (Å²) >= 11 is 5.91. The molecule has 0 atom stereocenters. The van der Waals surface area contributed by atoms with Crippen LogP contribution in [0.1, 0.15) is 15.9 Å². The molecule has 0 amide bonds. The summed E-state index contributed by atoms with van der Waals surface area (Å²) < 4.78 is 10.1. The zero-order chi connectivity index (χ0) is 13.1. The lowest BCUT2D eigenvalue weighted by atomic mass is 10.1. The lowest BCUT2D eigenvalue weighted by Gasteiger charge is -2.08. The molecule has 6 heteroatoms. The first kappa shape index (κ1) is 12.9. The normalized spacial score (nSPS) is 12.9. The van der Waals surface area contributed by atoms with Crippen molar-refractivity contribution < 1.29 is 24.2 Å². The van der Waals surface area contributed by atoms with Gasteiger partial charge in [-0.3, -0.25) is 4.79 Å². The number of aliphatic carboxylic acids is 1. The Morgan fingerprint density at radius 3 is 2.89 bits per heavy atom. The van der Waals surface area contributed by atoms with Crippen molar-refractivity contribution in [3.8, 4) is 5.75 Å². The first-order chi connectivity index (χ1) is 8.58. The minimum atomic E-state index is -1.12. The van der Waals surface area contributed by atoms with Gasteiger partial charge in [-0.1, -0.05) is 11.6 Å². The number of carbonyl (C=O) groups is 2. The molecule has 0 aromatic heterocycles. The SMILES string of the molecule is O=C(O)COCC(=O)c1cc(Cl)cc2c1OCC2. The second-order valence-electron chi connectivity index (χ2n) is 3.85. The number of carboxylic acids is 1. The third-order valence-corrected chi connectivity index (χ3v) is 2.73. The molecule has 0 spiro atoms. The molecule has 0 radical (unpaired) electrons. The molecule has 1 aromatic rings. The quantitative estimate of drug-likeness (QED) is 0.822. The number of Topliss-reactive ketones (excluding diaryl/α,β-unsaturated/α-hetero) is 1. The molecule has 96 valence electrons. The van der Waals surface area contributed by atoms with Crippen LogP contribution in [0.3, 0.4) is 0 Å². The summed E-state index contributed by atoms with van der Waals surface area (Å²) in [6, 6.07) is 3.27. The third-order valence-electron chi connectivity index (χ3n) is 2.51. The van der Waals surface area contributed by atoms with Crippen LogP contribution in [0.4, 0.5) is 0 Å². The predicted molar refractivity (Wildman–Crippen MR) is 63.4 cm³/mol. The highest BCUT2D eigenvalue weighted by Crippen LogP contribution is 2.33. The van der Waals surface area contributed by atoms with Crippen LogP contribution in [0.2, 0.25) is 5.02 Å². The molecule has 18 heavy (non-hydrogen) atoms. The summed E-state index contributed by atoms with van der Waals surface area (Å²) in [5, 5.41) is 8.87. The van der Waals surface area contributed by atoms with Gasteiger partial charge >= 0.3 is 5.97 Å². The summed E-state index contributed by atoms with van der Waals surface area (Å²) in [6.45, 7) is -0.288. The second kappa shape index (κ2) is 5.37. The number of hydrogen-bond donors (Lipinski definition) is 1. The van der Waals surface area contributed by atoms with E-state index in [1.54, 1.807) is 6.07 Å². The molecule has 1 N–H and O–H groups in total. The molecule has 0 fully saturated rings. The number of rotatable bonds is 5. The van der Waals surface area contributed by atoms with E-state index >= 15 is 0 Å². The lowest BCUT2D eigenvalue weighted by Crippen LogP contribution is -2.15. The minimum Gasteiger partial charge on any atom is -0.492 e. The van der Waals surface area contributed by atoms with Crippen LogP contribution in [0, 0.1) is 0 Å².